The van der Waals surface area contributed by atoms with Gasteiger partial charge in [0.1, 0.15) is 17.5 Å². The minimum atomic E-state index is -3.45. The molecule has 1 aliphatic rings. The van der Waals surface area contributed by atoms with Gasteiger partial charge in [-0.3, -0.25) is 4.31 Å². The summed E-state index contributed by atoms with van der Waals surface area (Å²) in [6.45, 7) is 3.59. The first-order chi connectivity index (χ1) is 14.5. The first-order valence-electron chi connectivity index (χ1n) is 9.91. The lowest BCUT2D eigenvalue weighted by Gasteiger charge is -2.42. The summed E-state index contributed by atoms with van der Waals surface area (Å²) in [7, 11) is -2.00. The molecule has 0 spiro atoms. The summed E-state index contributed by atoms with van der Waals surface area (Å²) >= 11 is 0. The third-order valence-electron chi connectivity index (χ3n) is 5.33. The molecule has 168 valence electrons. The van der Waals surface area contributed by atoms with Gasteiger partial charge in [0, 0.05) is 25.1 Å². The molecule has 2 unspecified atom stereocenters. The molecule has 0 saturated heterocycles. The molecular weight excluding hydrogens is 420 g/mol. The lowest BCUT2D eigenvalue weighted by Crippen LogP contribution is -2.53. The Morgan fingerprint density at radius 2 is 1.90 bits per heavy atom. The van der Waals surface area contributed by atoms with Crippen molar-refractivity contribution in [2.45, 2.75) is 38.0 Å². The number of alkyl carbamates (subject to hydrolysis) is 1. The van der Waals surface area contributed by atoms with E-state index in [0.29, 0.717) is 23.4 Å². The third kappa shape index (κ3) is 5.29. The summed E-state index contributed by atoms with van der Waals surface area (Å²) in [5, 5.41) is 13.5. The monoisotopic (exact) mass is 448 g/mol. The summed E-state index contributed by atoms with van der Waals surface area (Å²) in [5.74, 6) is 0.387. The zero-order valence-corrected chi connectivity index (χ0v) is 18.8. The molecule has 0 aliphatic carbocycles. The molecule has 2 N–H and O–H groups in total. The number of amides is 1. The molecule has 2 aromatic carbocycles. The molecule has 0 bridgehead atoms. The highest BCUT2D eigenvalue weighted by Crippen LogP contribution is 2.41. The minimum Gasteiger partial charge on any atom is -0.485 e. The Balaban J connectivity index is 1.76. The second-order valence-electron chi connectivity index (χ2n) is 8.10. The second kappa shape index (κ2) is 8.76. The van der Waals surface area contributed by atoms with Crippen LogP contribution in [0.25, 0.3) is 0 Å². The van der Waals surface area contributed by atoms with Gasteiger partial charge >= 0.3 is 6.09 Å². The van der Waals surface area contributed by atoms with E-state index in [4.69, 9.17) is 9.47 Å². The molecular formula is C22H28N2O6S. The molecule has 0 radical (unpaired) electrons. The van der Waals surface area contributed by atoms with E-state index in [1.807, 2.05) is 30.3 Å². The fourth-order valence-electron chi connectivity index (χ4n) is 3.40. The van der Waals surface area contributed by atoms with Crippen molar-refractivity contribution in [2.75, 3.05) is 24.2 Å². The van der Waals surface area contributed by atoms with Crippen molar-refractivity contribution in [1.82, 2.24) is 5.32 Å². The van der Waals surface area contributed by atoms with Crippen LogP contribution >= 0.6 is 0 Å². The zero-order valence-electron chi connectivity index (χ0n) is 18.0. The Bertz CT molecular complexity index is 1040. The molecule has 0 saturated carbocycles. The Hall–Kier alpha value is -2.78. The van der Waals surface area contributed by atoms with Crippen LogP contribution < -0.4 is 14.4 Å². The summed E-state index contributed by atoms with van der Waals surface area (Å²) in [6, 6.07) is 13.7. The van der Waals surface area contributed by atoms with Crippen LogP contribution in [-0.2, 0) is 21.2 Å². The van der Waals surface area contributed by atoms with E-state index < -0.39 is 33.9 Å². The van der Waals surface area contributed by atoms with Crippen LogP contribution in [0.1, 0.15) is 31.0 Å². The maximum absolute atomic E-state index is 12.4. The van der Waals surface area contributed by atoms with Gasteiger partial charge < -0.3 is 19.9 Å². The van der Waals surface area contributed by atoms with E-state index in [-0.39, 0.29) is 6.61 Å². The number of hydrogen-bond acceptors (Lipinski definition) is 6. The predicted octanol–water partition coefficient (Wildman–Crippen LogP) is 2.62. The van der Waals surface area contributed by atoms with Crippen LogP contribution in [-0.4, -0.2) is 51.2 Å². The number of benzene rings is 2. The third-order valence-corrected chi connectivity index (χ3v) is 6.54. The van der Waals surface area contributed by atoms with E-state index >= 15 is 0 Å². The van der Waals surface area contributed by atoms with E-state index in [0.717, 1.165) is 16.1 Å². The van der Waals surface area contributed by atoms with Crippen LogP contribution in [0, 0.1) is 0 Å². The maximum atomic E-state index is 12.4. The van der Waals surface area contributed by atoms with E-state index in [9.17, 15) is 18.3 Å². The van der Waals surface area contributed by atoms with Gasteiger partial charge in [-0.2, -0.15) is 0 Å². The van der Waals surface area contributed by atoms with E-state index in [2.05, 4.69) is 5.32 Å². The quantitative estimate of drug-likeness (QED) is 0.704. The smallest absolute Gasteiger partial charge is 0.407 e. The number of ether oxygens (including phenoxy) is 2. The molecule has 8 nitrogen and oxygen atoms in total. The van der Waals surface area contributed by atoms with Gasteiger partial charge in [0.2, 0.25) is 10.0 Å². The Morgan fingerprint density at radius 1 is 1.23 bits per heavy atom. The van der Waals surface area contributed by atoms with Crippen molar-refractivity contribution >= 4 is 21.8 Å². The van der Waals surface area contributed by atoms with Crippen molar-refractivity contribution in [1.29, 1.82) is 0 Å². The SMILES string of the molecule is CN(c1ccc2c(c1)OC(C)(C)C(O)C2NC(=O)OCCc1ccccc1)S(C)(=O)=O. The van der Waals surface area contributed by atoms with Crippen molar-refractivity contribution in [2.24, 2.45) is 0 Å². The first kappa shape index (κ1) is 22.9. The van der Waals surface area contributed by atoms with Gasteiger partial charge in [-0.25, -0.2) is 13.2 Å². The Labute approximate surface area is 182 Å². The number of rotatable bonds is 6. The predicted molar refractivity (Wildman–Crippen MR) is 118 cm³/mol. The first-order valence-corrected chi connectivity index (χ1v) is 11.8. The topological polar surface area (TPSA) is 105 Å². The molecule has 0 aromatic heterocycles. The minimum absolute atomic E-state index is 0.198. The molecule has 3 rings (SSSR count). The number of fused-ring (bicyclic) bond motifs is 1. The number of carbonyl (C=O) groups is 1. The summed E-state index contributed by atoms with van der Waals surface area (Å²) in [4.78, 5) is 12.4. The van der Waals surface area contributed by atoms with Crippen molar-refractivity contribution in [3.8, 4) is 5.75 Å². The van der Waals surface area contributed by atoms with Gasteiger partial charge in [-0.1, -0.05) is 36.4 Å². The average molecular weight is 449 g/mol. The van der Waals surface area contributed by atoms with E-state index in [1.165, 1.54) is 7.05 Å². The second-order valence-corrected chi connectivity index (χ2v) is 10.1. The van der Waals surface area contributed by atoms with Gasteiger partial charge in [0.25, 0.3) is 0 Å². The summed E-state index contributed by atoms with van der Waals surface area (Å²) in [5.41, 5.74) is 0.989. The molecule has 1 aliphatic heterocycles. The number of nitrogens with one attached hydrogen (secondary N) is 1. The van der Waals surface area contributed by atoms with Crippen molar-refractivity contribution < 1.29 is 27.8 Å². The lowest BCUT2D eigenvalue weighted by atomic mass is 9.86. The van der Waals surface area contributed by atoms with Crippen LogP contribution in [0.5, 0.6) is 5.75 Å². The zero-order chi connectivity index (χ0) is 22.8. The van der Waals surface area contributed by atoms with Crippen LogP contribution in [0.4, 0.5) is 10.5 Å². The van der Waals surface area contributed by atoms with Gasteiger partial charge in [0.05, 0.1) is 24.6 Å². The van der Waals surface area contributed by atoms with E-state index in [1.54, 1.807) is 32.0 Å². The fourth-order valence-corrected chi connectivity index (χ4v) is 3.90. The molecule has 31 heavy (non-hydrogen) atoms. The number of carbonyl (C=O) groups excluding carboxylic acids is 1. The molecule has 1 amide bonds. The number of nitrogens with zero attached hydrogens (tertiary/aromatic N) is 1. The number of aliphatic hydroxyl groups is 1. The van der Waals surface area contributed by atoms with Crippen molar-refractivity contribution in [3.05, 3.63) is 59.7 Å². The maximum Gasteiger partial charge on any atom is 0.407 e. The molecule has 2 aromatic rings. The highest BCUT2D eigenvalue weighted by molar-refractivity contribution is 7.92. The molecule has 1 heterocycles. The highest BCUT2D eigenvalue weighted by Gasteiger charge is 2.44. The Morgan fingerprint density at radius 3 is 2.55 bits per heavy atom. The Kier molecular flexibility index (Phi) is 6.47. The van der Waals surface area contributed by atoms with Gasteiger partial charge in [-0.15, -0.1) is 0 Å². The number of sulfonamides is 1. The van der Waals surface area contributed by atoms with Gasteiger partial charge in [-0.05, 0) is 25.5 Å². The highest BCUT2D eigenvalue weighted by atomic mass is 32.2. The normalized spacial score (nSPS) is 19.6. The molecule has 2 atom stereocenters. The van der Waals surface area contributed by atoms with Crippen molar-refractivity contribution in [3.63, 3.8) is 0 Å². The number of aliphatic hydroxyl groups excluding tert-OH is 1. The average Bonchev–Trinajstić information content (AvgIpc) is 2.70. The van der Waals surface area contributed by atoms with Crippen LogP contribution in [0.15, 0.2) is 48.5 Å². The van der Waals surface area contributed by atoms with Crippen LogP contribution in [0.2, 0.25) is 0 Å². The fraction of sp³-hybridized carbons (Fsp3) is 0.409. The van der Waals surface area contributed by atoms with Crippen LogP contribution in [0.3, 0.4) is 0 Å². The number of hydrogen-bond donors (Lipinski definition) is 2. The number of anilines is 1. The lowest BCUT2D eigenvalue weighted by molar-refractivity contribution is -0.0636. The van der Waals surface area contributed by atoms with Gasteiger partial charge in [0.15, 0.2) is 0 Å². The molecule has 0 fully saturated rings. The standard InChI is InChI=1S/C22H28N2O6S/c1-22(2)20(25)19(23-21(26)29-13-12-15-8-6-5-7-9-15)17-11-10-16(14-18(17)30-22)24(3)31(4,27)28/h5-11,14,19-20,25H,12-13H2,1-4H3,(H,23,26). The summed E-state index contributed by atoms with van der Waals surface area (Å²) < 4.78 is 36.1. The largest absolute Gasteiger partial charge is 0.485 e. The summed E-state index contributed by atoms with van der Waals surface area (Å²) in [6.07, 6.45) is -0.00822. The molecule has 9 heteroatoms.